The molecule has 0 amide bonds. The summed E-state index contributed by atoms with van der Waals surface area (Å²) in [5.41, 5.74) is 5.10. The number of hydrogen-bond donors (Lipinski definition) is 1. The second-order valence-corrected chi connectivity index (χ2v) is 2.13. The minimum absolute atomic E-state index is 0.0174. The van der Waals surface area contributed by atoms with E-state index >= 15 is 0 Å². The molecule has 1 nitrogen and oxygen atoms in total. The van der Waals surface area contributed by atoms with Crippen molar-refractivity contribution >= 4 is 0 Å². The molecule has 0 heterocycles. The van der Waals surface area contributed by atoms with Crippen LogP contribution < -0.4 is 5.73 Å². The Morgan fingerprint density at radius 2 is 1.89 bits per heavy atom. The maximum atomic E-state index is 11.4. The summed E-state index contributed by atoms with van der Waals surface area (Å²) >= 11 is 0. The van der Waals surface area contributed by atoms with E-state index in [1.807, 2.05) is 0 Å². The van der Waals surface area contributed by atoms with Crippen LogP contribution in [0.1, 0.15) is 19.8 Å². The lowest BCUT2D eigenvalue weighted by Crippen LogP contribution is -2.18. The van der Waals surface area contributed by atoms with Crippen molar-refractivity contribution in [1.82, 2.24) is 0 Å². The van der Waals surface area contributed by atoms with Crippen molar-refractivity contribution in [3.8, 4) is 0 Å². The predicted octanol–water partition coefficient (Wildman–Crippen LogP) is 1.68. The summed E-state index contributed by atoms with van der Waals surface area (Å²) in [6.07, 6.45) is -4.80. The van der Waals surface area contributed by atoms with E-state index in [4.69, 9.17) is 5.73 Å². The highest BCUT2D eigenvalue weighted by molar-refractivity contribution is 4.57. The first-order valence-corrected chi connectivity index (χ1v) is 2.74. The first kappa shape index (κ1) is 8.75. The van der Waals surface area contributed by atoms with Gasteiger partial charge in [0.05, 0.1) is 0 Å². The third-order valence-corrected chi connectivity index (χ3v) is 0.883. The van der Waals surface area contributed by atoms with Crippen LogP contribution in [-0.2, 0) is 0 Å². The number of alkyl halides is 3. The van der Waals surface area contributed by atoms with Gasteiger partial charge in [0.1, 0.15) is 0 Å². The van der Waals surface area contributed by atoms with Crippen LogP contribution in [0.5, 0.6) is 0 Å². The number of nitrogens with two attached hydrogens (primary N) is 1. The van der Waals surface area contributed by atoms with Crippen LogP contribution in [-0.4, -0.2) is 12.2 Å². The zero-order valence-electron chi connectivity index (χ0n) is 5.20. The molecule has 4 heteroatoms. The molecule has 0 spiro atoms. The maximum Gasteiger partial charge on any atom is 0.389 e. The van der Waals surface area contributed by atoms with Crippen molar-refractivity contribution in [1.29, 1.82) is 0 Å². The van der Waals surface area contributed by atoms with Crippen LogP contribution in [0.3, 0.4) is 0 Å². The molecule has 0 fully saturated rings. The van der Waals surface area contributed by atoms with Gasteiger partial charge in [-0.25, -0.2) is 0 Å². The molecule has 1 atom stereocenters. The molecule has 56 valence electrons. The van der Waals surface area contributed by atoms with Gasteiger partial charge in [-0.3, -0.25) is 0 Å². The van der Waals surface area contributed by atoms with E-state index < -0.39 is 12.6 Å². The average Bonchev–Trinajstić information content (AvgIpc) is 1.59. The molecular formula is C5H10F3N. The first-order chi connectivity index (χ1) is 3.92. The van der Waals surface area contributed by atoms with Gasteiger partial charge in [0.15, 0.2) is 0 Å². The fourth-order valence-electron chi connectivity index (χ4n) is 0.391. The topological polar surface area (TPSA) is 26.0 Å². The summed E-state index contributed by atoms with van der Waals surface area (Å²) in [4.78, 5) is 0. The Kier molecular flexibility index (Phi) is 2.97. The Morgan fingerprint density at radius 1 is 1.44 bits per heavy atom. The van der Waals surface area contributed by atoms with Crippen LogP contribution in [0.25, 0.3) is 0 Å². The van der Waals surface area contributed by atoms with Crippen LogP contribution in [0.2, 0.25) is 0 Å². The smallest absolute Gasteiger partial charge is 0.328 e. The molecule has 0 aromatic carbocycles. The molecule has 0 aromatic heterocycles. The van der Waals surface area contributed by atoms with Gasteiger partial charge in [-0.1, -0.05) is 0 Å². The summed E-state index contributed by atoms with van der Waals surface area (Å²) in [6, 6.07) is -0.355. The third-order valence-electron chi connectivity index (χ3n) is 0.883. The van der Waals surface area contributed by atoms with Crippen molar-refractivity contribution in [2.24, 2.45) is 5.73 Å². The second kappa shape index (κ2) is 3.06. The van der Waals surface area contributed by atoms with Gasteiger partial charge >= 0.3 is 6.18 Å². The highest BCUT2D eigenvalue weighted by Crippen LogP contribution is 2.21. The van der Waals surface area contributed by atoms with E-state index in [1.165, 1.54) is 0 Å². The summed E-state index contributed by atoms with van der Waals surface area (Å²) in [5.74, 6) is 0. The molecule has 0 unspecified atom stereocenters. The monoisotopic (exact) mass is 141 g/mol. The maximum absolute atomic E-state index is 11.4. The Morgan fingerprint density at radius 3 is 2.00 bits per heavy atom. The highest BCUT2D eigenvalue weighted by atomic mass is 19.4. The van der Waals surface area contributed by atoms with E-state index in [2.05, 4.69) is 0 Å². The lowest BCUT2D eigenvalue weighted by molar-refractivity contribution is -0.136. The van der Waals surface area contributed by atoms with Crippen LogP contribution in [0.15, 0.2) is 0 Å². The normalized spacial score (nSPS) is 15.7. The van der Waals surface area contributed by atoms with Gasteiger partial charge in [-0.2, -0.15) is 13.2 Å². The zero-order chi connectivity index (χ0) is 7.49. The molecule has 2 N–H and O–H groups in total. The van der Waals surface area contributed by atoms with Gasteiger partial charge in [0, 0.05) is 12.5 Å². The fraction of sp³-hybridized carbons (Fsp3) is 1.00. The Hall–Kier alpha value is -0.250. The minimum Gasteiger partial charge on any atom is -0.328 e. The van der Waals surface area contributed by atoms with E-state index in [9.17, 15) is 13.2 Å². The number of rotatable bonds is 2. The molecule has 0 radical (unpaired) electrons. The van der Waals surface area contributed by atoms with Crippen molar-refractivity contribution in [2.45, 2.75) is 32.0 Å². The van der Waals surface area contributed by atoms with Gasteiger partial charge < -0.3 is 5.73 Å². The SMILES string of the molecule is C[C@@H](N)CCC(F)(F)F. The van der Waals surface area contributed by atoms with E-state index in [-0.39, 0.29) is 12.5 Å². The molecule has 0 rings (SSSR count). The van der Waals surface area contributed by atoms with E-state index in [0.717, 1.165) is 0 Å². The predicted molar refractivity (Wildman–Crippen MR) is 28.9 cm³/mol. The summed E-state index contributed by atoms with van der Waals surface area (Å²) in [5, 5.41) is 0. The molecule has 0 bridgehead atoms. The van der Waals surface area contributed by atoms with Crippen molar-refractivity contribution in [3.63, 3.8) is 0 Å². The quantitative estimate of drug-likeness (QED) is 0.622. The second-order valence-electron chi connectivity index (χ2n) is 2.13. The van der Waals surface area contributed by atoms with E-state index in [1.54, 1.807) is 6.92 Å². The summed E-state index contributed by atoms with van der Waals surface area (Å²) < 4.78 is 34.1. The van der Waals surface area contributed by atoms with Crippen LogP contribution in [0.4, 0.5) is 13.2 Å². The molecule has 0 saturated carbocycles. The highest BCUT2D eigenvalue weighted by Gasteiger charge is 2.26. The molecule has 0 aliphatic rings. The molecule has 9 heavy (non-hydrogen) atoms. The van der Waals surface area contributed by atoms with Gasteiger partial charge in [0.25, 0.3) is 0 Å². The zero-order valence-corrected chi connectivity index (χ0v) is 5.20. The van der Waals surface area contributed by atoms with Gasteiger partial charge in [-0.15, -0.1) is 0 Å². The molecule has 0 saturated heterocycles. The van der Waals surface area contributed by atoms with Crippen molar-refractivity contribution in [2.75, 3.05) is 0 Å². The fourth-order valence-corrected chi connectivity index (χ4v) is 0.391. The van der Waals surface area contributed by atoms with Gasteiger partial charge in [-0.05, 0) is 13.3 Å². The Bertz CT molecular complexity index is 76.8. The standard InChI is InChI=1S/C5H10F3N/c1-4(9)2-3-5(6,7)8/h4H,2-3,9H2,1H3/t4-/m1/s1. The summed E-state index contributed by atoms with van der Waals surface area (Å²) in [7, 11) is 0. The Labute approximate surface area is 52.0 Å². The van der Waals surface area contributed by atoms with Crippen molar-refractivity contribution < 1.29 is 13.2 Å². The van der Waals surface area contributed by atoms with Crippen LogP contribution >= 0.6 is 0 Å². The molecule has 0 aliphatic carbocycles. The average molecular weight is 141 g/mol. The molecule has 0 aliphatic heterocycles. The molecule has 0 aromatic rings. The lowest BCUT2D eigenvalue weighted by Gasteiger charge is -2.07. The van der Waals surface area contributed by atoms with Crippen LogP contribution in [0, 0.1) is 0 Å². The lowest BCUT2D eigenvalue weighted by atomic mass is 10.2. The molecular weight excluding hydrogens is 131 g/mol. The summed E-state index contributed by atoms with van der Waals surface area (Å²) in [6.45, 7) is 1.56. The van der Waals surface area contributed by atoms with E-state index in [0.29, 0.717) is 0 Å². The number of halogens is 3. The van der Waals surface area contributed by atoms with Gasteiger partial charge in [0.2, 0.25) is 0 Å². The minimum atomic E-state index is -4.05. The third kappa shape index (κ3) is 7.75. The van der Waals surface area contributed by atoms with Crippen molar-refractivity contribution in [3.05, 3.63) is 0 Å². The Balaban J connectivity index is 3.28. The largest absolute Gasteiger partial charge is 0.389 e. The first-order valence-electron chi connectivity index (χ1n) is 2.74. The number of hydrogen-bond acceptors (Lipinski definition) is 1.